The molecule has 0 fully saturated rings. The molecule has 1 atom stereocenters. The fourth-order valence-electron chi connectivity index (χ4n) is 2.98. The van der Waals surface area contributed by atoms with Gasteiger partial charge in [0.05, 0.1) is 37.5 Å². The Morgan fingerprint density at radius 2 is 1.96 bits per heavy atom. The monoisotopic (exact) mass is 396 g/mol. The number of halogens is 1. The normalized spacial score (nSPS) is 16.5. The number of hydrogen-bond acceptors (Lipinski definition) is 5. The van der Waals surface area contributed by atoms with Crippen molar-refractivity contribution in [3.63, 3.8) is 0 Å². The van der Waals surface area contributed by atoms with Gasteiger partial charge in [-0.3, -0.25) is 0 Å². The van der Waals surface area contributed by atoms with E-state index in [1.165, 1.54) is 14.2 Å². The average Bonchev–Trinajstić information content (AvgIpc) is 2.65. The van der Waals surface area contributed by atoms with Crippen LogP contribution >= 0.6 is 11.6 Å². The maximum absolute atomic E-state index is 12.7. The van der Waals surface area contributed by atoms with Crippen molar-refractivity contribution in [1.82, 2.24) is 10.6 Å². The van der Waals surface area contributed by atoms with Crippen LogP contribution in [-0.4, -0.2) is 32.8 Å². The van der Waals surface area contributed by atoms with Crippen molar-refractivity contribution in [2.24, 2.45) is 0 Å². The number of nitrogens with one attached hydrogen (secondary N) is 2. The first-order valence-corrected chi connectivity index (χ1v) is 9.24. The summed E-state index contributed by atoms with van der Waals surface area (Å²) in [6, 6.07) is 2.24. The van der Waals surface area contributed by atoms with Crippen LogP contribution in [-0.2, 0) is 9.53 Å². The molecule has 1 heterocycles. The SMILES string of the molecule is CCCCC1=C(C(=O)OCC)C(c2ccc(OC)c(OC)c2Cl)NC(=O)N1. The van der Waals surface area contributed by atoms with E-state index in [1.54, 1.807) is 19.1 Å². The molecule has 0 radical (unpaired) electrons. The summed E-state index contributed by atoms with van der Waals surface area (Å²) in [7, 11) is 2.98. The van der Waals surface area contributed by atoms with Crippen LogP contribution in [0.5, 0.6) is 11.5 Å². The smallest absolute Gasteiger partial charge is 0.338 e. The van der Waals surface area contributed by atoms with Crippen molar-refractivity contribution in [1.29, 1.82) is 0 Å². The van der Waals surface area contributed by atoms with E-state index in [9.17, 15) is 9.59 Å². The molecule has 1 aromatic rings. The molecule has 2 amide bonds. The minimum Gasteiger partial charge on any atom is -0.493 e. The summed E-state index contributed by atoms with van der Waals surface area (Å²) in [6.45, 7) is 4.00. The molecule has 0 saturated carbocycles. The van der Waals surface area contributed by atoms with E-state index in [0.29, 0.717) is 34.8 Å². The molecular formula is C19H25ClN2O5. The van der Waals surface area contributed by atoms with Crippen LogP contribution < -0.4 is 20.1 Å². The summed E-state index contributed by atoms with van der Waals surface area (Å²) in [5.74, 6) is 0.300. The number of urea groups is 1. The van der Waals surface area contributed by atoms with E-state index in [1.807, 2.05) is 6.92 Å². The zero-order chi connectivity index (χ0) is 20.0. The Bertz CT molecular complexity index is 748. The van der Waals surface area contributed by atoms with Gasteiger partial charge >= 0.3 is 12.0 Å². The number of unbranched alkanes of at least 4 members (excludes halogenated alkanes) is 1. The topological polar surface area (TPSA) is 85.9 Å². The van der Waals surface area contributed by atoms with Crippen LogP contribution in [0.15, 0.2) is 23.4 Å². The summed E-state index contributed by atoms with van der Waals surface area (Å²) in [5.41, 5.74) is 1.43. The van der Waals surface area contributed by atoms with Gasteiger partial charge in [0, 0.05) is 11.3 Å². The molecule has 1 aliphatic heterocycles. The lowest BCUT2D eigenvalue weighted by Crippen LogP contribution is -2.46. The van der Waals surface area contributed by atoms with E-state index in [4.69, 9.17) is 25.8 Å². The number of methoxy groups -OCH3 is 2. The highest BCUT2D eigenvalue weighted by Crippen LogP contribution is 2.42. The molecule has 2 rings (SSSR count). The van der Waals surface area contributed by atoms with Crippen molar-refractivity contribution in [2.45, 2.75) is 39.2 Å². The standard InChI is InChI=1S/C19H25ClN2O5/c1-5-7-8-12-14(18(23)27-6-2)16(22-19(24)21-12)11-9-10-13(25-3)17(26-4)15(11)20/h9-10,16H,5-8H2,1-4H3,(H2,21,22,24). The first-order chi connectivity index (χ1) is 13.0. The van der Waals surface area contributed by atoms with Gasteiger partial charge in [0.1, 0.15) is 0 Å². The number of ether oxygens (including phenoxy) is 3. The zero-order valence-corrected chi connectivity index (χ0v) is 16.7. The molecule has 148 valence electrons. The number of esters is 1. The van der Waals surface area contributed by atoms with Crippen molar-refractivity contribution in [3.8, 4) is 11.5 Å². The highest BCUT2D eigenvalue weighted by atomic mass is 35.5. The fraction of sp³-hybridized carbons (Fsp3) is 0.474. The lowest BCUT2D eigenvalue weighted by atomic mass is 9.93. The number of carbonyl (C=O) groups is 2. The lowest BCUT2D eigenvalue weighted by molar-refractivity contribution is -0.139. The zero-order valence-electron chi connectivity index (χ0n) is 16.0. The maximum atomic E-state index is 12.7. The third kappa shape index (κ3) is 4.47. The second-order valence-electron chi connectivity index (χ2n) is 5.95. The first kappa shape index (κ1) is 20.9. The number of benzene rings is 1. The van der Waals surface area contributed by atoms with E-state index in [-0.39, 0.29) is 11.6 Å². The summed E-state index contributed by atoms with van der Waals surface area (Å²) in [6.07, 6.45) is 2.30. The Kier molecular flexibility index (Phi) is 7.36. The molecule has 0 bridgehead atoms. The van der Waals surface area contributed by atoms with Crippen molar-refractivity contribution in [2.75, 3.05) is 20.8 Å². The number of rotatable bonds is 8. The Morgan fingerprint density at radius 3 is 2.56 bits per heavy atom. The van der Waals surface area contributed by atoms with Gasteiger partial charge in [-0.1, -0.05) is 31.0 Å². The maximum Gasteiger partial charge on any atom is 0.338 e. The number of hydrogen-bond donors (Lipinski definition) is 2. The molecule has 1 aliphatic rings. The molecule has 0 spiro atoms. The highest BCUT2D eigenvalue weighted by Gasteiger charge is 2.35. The number of amides is 2. The van der Waals surface area contributed by atoms with E-state index in [0.717, 1.165) is 12.8 Å². The van der Waals surface area contributed by atoms with Gasteiger partial charge in [-0.05, 0) is 25.8 Å². The molecule has 2 N–H and O–H groups in total. The first-order valence-electron chi connectivity index (χ1n) is 8.86. The van der Waals surface area contributed by atoms with Gasteiger partial charge in [-0.25, -0.2) is 9.59 Å². The molecule has 0 aliphatic carbocycles. The Balaban J connectivity index is 2.60. The Morgan fingerprint density at radius 1 is 1.22 bits per heavy atom. The third-order valence-electron chi connectivity index (χ3n) is 4.26. The molecule has 27 heavy (non-hydrogen) atoms. The van der Waals surface area contributed by atoms with Gasteiger partial charge in [0.25, 0.3) is 0 Å². The van der Waals surface area contributed by atoms with E-state index < -0.39 is 18.0 Å². The minimum absolute atomic E-state index is 0.226. The molecule has 0 saturated heterocycles. The fourth-order valence-corrected chi connectivity index (χ4v) is 3.32. The third-order valence-corrected chi connectivity index (χ3v) is 4.65. The summed E-state index contributed by atoms with van der Waals surface area (Å²) in [4.78, 5) is 24.9. The summed E-state index contributed by atoms with van der Waals surface area (Å²) < 4.78 is 15.8. The largest absolute Gasteiger partial charge is 0.493 e. The predicted molar refractivity (Wildman–Crippen MR) is 102 cm³/mol. The van der Waals surface area contributed by atoms with Crippen molar-refractivity contribution >= 4 is 23.6 Å². The Hall–Kier alpha value is -2.41. The summed E-state index contributed by atoms with van der Waals surface area (Å²) >= 11 is 6.52. The van der Waals surface area contributed by atoms with E-state index >= 15 is 0 Å². The highest BCUT2D eigenvalue weighted by molar-refractivity contribution is 6.33. The lowest BCUT2D eigenvalue weighted by Gasteiger charge is -2.30. The summed E-state index contributed by atoms with van der Waals surface area (Å²) in [5, 5.41) is 5.77. The van der Waals surface area contributed by atoms with Gasteiger partial charge in [-0.15, -0.1) is 0 Å². The van der Waals surface area contributed by atoms with Crippen molar-refractivity contribution in [3.05, 3.63) is 34.0 Å². The van der Waals surface area contributed by atoms with Crippen LogP contribution in [0.3, 0.4) is 0 Å². The molecule has 1 unspecified atom stereocenters. The van der Waals surface area contributed by atoms with Crippen molar-refractivity contribution < 1.29 is 23.8 Å². The second-order valence-corrected chi connectivity index (χ2v) is 6.33. The number of carbonyl (C=O) groups excluding carboxylic acids is 2. The van der Waals surface area contributed by atoms with Gasteiger partial charge in [0.2, 0.25) is 0 Å². The molecule has 8 heteroatoms. The van der Waals surface area contributed by atoms with Crippen LogP contribution in [0, 0.1) is 0 Å². The van der Waals surface area contributed by atoms with Gasteiger partial charge in [0.15, 0.2) is 11.5 Å². The van der Waals surface area contributed by atoms with Crippen LogP contribution in [0.4, 0.5) is 4.79 Å². The van der Waals surface area contributed by atoms with E-state index in [2.05, 4.69) is 10.6 Å². The van der Waals surface area contributed by atoms with Gasteiger partial charge < -0.3 is 24.8 Å². The molecular weight excluding hydrogens is 372 g/mol. The molecule has 7 nitrogen and oxygen atoms in total. The predicted octanol–water partition coefficient (Wildman–Crippen LogP) is 3.72. The van der Waals surface area contributed by atoms with Gasteiger partial charge in [-0.2, -0.15) is 0 Å². The molecule has 1 aromatic carbocycles. The minimum atomic E-state index is -0.753. The molecule has 0 aromatic heterocycles. The van der Waals surface area contributed by atoms with Crippen LogP contribution in [0.25, 0.3) is 0 Å². The quantitative estimate of drug-likeness (QED) is 0.654. The second kappa shape index (κ2) is 9.50. The Labute approximate surface area is 164 Å². The van der Waals surface area contributed by atoms with Crippen LogP contribution in [0.2, 0.25) is 5.02 Å². The number of allylic oxidation sites excluding steroid dienone is 1. The van der Waals surface area contributed by atoms with Crippen LogP contribution in [0.1, 0.15) is 44.7 Å². The average molecular weight is 397 g/mol.